The molecule has 1 aromatic heterocycles. The van der Waals surface area contributed by atoms with Crippen molar-refractivity contribution >= 4 is 45.9 Å². The lowest BCUT2D eigenvalue weighted by molar-refractivity contribution is -0.122. The van der Waals surface area contributed by atoms with Gasteiger partial charge >= 0.3 is 0 Å². The van der Waals surface area contributed by atoms with Gasteiger partial charge in [-0.25, -0.2) is 4.98 Å². The zero-order chi connectivity index (χ0) is 20.4. The lowest BCUT2D eigenvalue weighted by Crippen LogP contribution is -2.30. The molecule has 0 aliphatic heterocycles. The van der Waals surface area contributed by atoms with E-state index in [0.717, 1.165) is 16.7 Å². The van der Waals surface area contributed by atoms with Crippen LogP contribution in [-0.4, -0.2) is 17.0 Å². The van der Waals surface area contributed by atoms with Gasteiger partial charge in [-0.2, -0.15) is 0 Å². The van der Waals surface area contributed by atoms with Crippen molar-refractivity contribution in [3.8, 4) is 17.2 Å². The predicted molar refractivity (Wildman–Crippen MR) is 115 cm³/mol. The van der Waals surface area contributed by atoms with Crippen LogP contribution in [0.4, 0.5) is 5.69 Å². The molecule has 0 aliphatic carbocycles. The molecule has 1 heterocycles. The predicted octanol–water partition coefficient (Wildman–Crippen LogP) is 6.21. The van der Waals surface area contributed by atoms with Crippen molar-refractivity contribution in [2.75, 3.05) is 5.32 Å². The van der Waals surface area contributed by atoms with Gasteiger partial charge in [-0.05, 0) is 61.5 Å². The average Bonchev–Trinajstić information content (AvgIpc) is 3.15. The van der Waals surface area contributed by atoms with Crippen molar-refractivity contribution in [3.05, 3.63) is 76.8 Å². The van der Waals surface area contributed by atoms with E-state index in [2.05, 4.69) is 10.3 Å². The fourth-order valence-electron chi connectivity index (χ4n) is 2.75. The molecule has 0 aliphatic rings. The summed E-state index contributed by atoms with van der Waals surface area (Å²) < 4.78 is 11.4. The van der Waals surface area contributed by atoms with Crippen LogP contribution >= 0.6 is 23.2 Å². The Morgan fingerprint density at radius 1 is 1.07 bits per heavy atom. The van der Waals surface area contributed by atoms with Gasteiger partial charge in [-0.1, -0.05) is 35.3 Å². The van der Waals surface area contributed by atoms with Gasteiger partial charge < -0.3 is 14.5 Å². The minimum atomic E-state index is -0.745. The normalized spacial score (nSPS) is 12.0. The summed E-state index contributed by atoms with van der Waals surface area (Å²) in [6.07, 6.45) is -0.745. The van der Waals surface area contributed by atoms with E-state index >= 15 is 0 Å². The number of rotatable bonds is 5. The van der Waals surface area contributed by atoms with Gasteiger partial charge in [0.1, 0.15) is 11.3 Å². The number of carbonyl (C=O) groups excluding carboxylic acids is 1. The highest BCUT2D eigenvalue weighted by atomic mass is 35.5. The molecule has 1 amide bonds. The third-order valence-electron chi connectivity index (χ3n) is 4.26. The van der Waals surface area contributed by atoms with E-state index in [4.69, 9.17) is 32.4 Å². The molecule has 1 N–H and O–H groups in total. The number of hydrogen-bond donors (Lipinski definition) is 1. The summed E-state index contributed by atoms with van der Waals surface area (Å²) in [7, 11) is 0. The molecule has 0 saturated carbocycles. The van der Waals surface area contributed by atoms with Crippen LogP contribution in [0.3, 0.4) is 0 Å². The SMILES string of the molecule is C[C@@H](Oc1ccc(Cl)cc1Cl)C(=O)Nc1ccc(-c2nc3ccccc3o2)cc1. The highest BCUT2D eigenvalue weighted by Crippen LogP contribution is 2.29. The summed E-state index contributed by atoms with van der Waals surface area (Å²) in [6.45, 7) is 1.65. The number of carbonyl (C=O) groups is 1. The number of nitrogens with one attached hydrogen (secondary N) is 1. The molecule has 4 rings (SSSR count). The molecule has 0 bridgehead atoms. The Morgan fingerprint density at radius 2 is 1.83 bits per heavy atom. The van der Waals surface area contributed by atoms with Gasteiger partial charge in [0.15, 0.2) is 11.7 Å². The van der Waals surface area contributed by atoms with Crippen molar-refractivity contribution in [1.29, 1.82) is 0 Å². The minimum Gasteiger partial charge on any atom is -0.479 e. The molecule has 0 radical (unpaired) electrons. The number of benzene rings is 3. The van der Waals surface area contributed by atoms with Gasteiger partial charge in [-0.3, -0.25) is 4.79 Å². The van der Waals surface area contributed by atoms with E-state index in [0.29, 0.717) is 27.4 Å². The second kappa shape index (κ2) is 8.15. The number of hydrogen-bond acceptors (Lipinski definition) is 4. The number of fused-ring (bicyclic) bond motifs is 1. The van der Waals surface area contributed by atoms with Crippen LogP contribution in [0.25, 0.3) is 22.6 Å². The summed E-state index contributed by atoms with van der Waals surface area (Å²) in [5.74, 6) is 0.619. The topological polar surface area (TPSA) is 64.4 Å². The number of amides is 1. The molecular formula is C22H16Cl2N2O3. The Balaban J connectivity index is 1.43. The standard InChI is InChI=1S/C22H16Cl2N2O3/c1-13(28-19-11-8-15(23)12-17(19)24)21(27)25-16-9-6-14(7-10-16)22-26-18-4-2-3-5-20(18)29-22/h2-13H,1H3,(H,25,27)/t13-/m1/s1. The first-order chi connectivity index (χ1) is 14.0. The van der Waals surface area contributed by atoms with Crippen LogP contribution in [0.5, 0.6) is 5.75 Å². The van der Waals surface area contributed by atoms with Crippen LogP contribution in [0.15, 0.2) is 71.1 Å². The maximum atomic E-state index is 12.4. The van der Waals surface area contributed by atoms with E-state index in [1.54, 1.807) is 37.3 Å². The fraction of sp³-hybridized carbons (Fsp3) is 0.0909. The molecule has 146 valence electrons. The van der Waals surface area contributed by atoms with Gasteiger partial charge in [0, 0.05) is 16.3 Å². The highest BCUT2D eigenvalue weighted by Gasteiger charge is 2.17. The number of ether oxygens (including phenoxy) is 1. The molecule has 5 nitrogen and oxygen atoms in total. The molecule has 0 fully saturated rings. The number of anilines is 1. The largest absolute Gasteiger partial charge is 0.479 e. The summed E-state index contributed by atoms with van der Waals surface area (Å²) in [5, 5.41) is 3.66. The molecule has 29 heavy (non-hydrogen) atoms. The Bertz CT molecular complexity index is 1140. The smallest absolute Gasteiger partial charge is 0.265 e. The highest BCUT2D eigenvalue weighted by molar-refractivity contribution is 6.35. The van der Waals surface area contributed by atoms with E-state index in [1.807, 2.05) is 36.4 Å². The summed E-state index contributed by atoms with van der Waals surface area (Å²) >= 11 is 12.0. The van der Waals surface area contributed by atoms with E-state index < -0.39 is 6.10 Å². The first kappa shape index (κ1) is 19.3. The Kier molecular flexibility index (Phi) is 5.43. The van der Waals surface area contributed by atoms with E-state index in [-0.39, 0.29) is 5.91 Å². The maximum Gasteiger partial charge on any atom is 0.265 e. The van der Waals surface area contributed by atoms with Gasteiger partial charge in [-0.15, -0.1) is 0 Å². The monoisotopic (exact) mass is 426 g/mol. The van der Waals surface area contributed by atoms with Crippen LogP contribution in [0, 0.1) is 0 Å². The zero-order valence-electron chi connectivity index (χ0n) is 15.4. The molecule has 3 aromatic carbocycles. The second-order valence-electron chi connectivity index (χ2n) is 6.39. The maximum absolute atomic E-state index is 12.4. The van der Waals surface area contributed by atoms with Crippen LogP contribution in [0.1, 0.15) is 6.92 Å². The molecule has 0 unspecified atom stereocenters. The minimum absolute atomic E-state index is 0.300. The number of aromatic nitrogens is 1. The molecule has 4 aromatic rings. The summed E-state index contributed by atoms with van der Waals surface area (Å²) in [6, 6.07) is 19.7. The molecule has 0 spiro atoms. The average molecular weight is 427 g/mol. The Hall–Kier alpha value is -3.02. The van der Waals surface area contributed by atoms with Crippen molar-refractivity contribution in [1.82, 2.24) is 4.98 Å². The van der Waals surface area contributed by atoms with Gasteiger partial charge in [0.2, 0.25) is 5.89 Å². The third-order valence-corrected chi connectivity index (χ3v) is 4.79. The Labute approximate surface area is 177 Å². The van der Waals surface area contributed by atoms with E-state index in [9.17, 15) is 4.79 Å². The quantitative estimate of drug-likeness (QED) is 0.412. The molecule has 7 heteroatoms. The molecular weight excluding hydrogens is 411 g/mol. The van der Waals surface area contributed by atoms with Crippen LogP contribution in [0.2, 0.25) is 10.0 Å². The van der Waals surface area contributed by atoms with Crippen molar-refractivity contribution in [2.24, 2.45) is 0 Å². The van der Waals surface area contributed by atoms with Crippen molar-refractivity contribution in [2.45, 2.75) is 13.0 Å². The third kappa shape index (κ3) is 4.36. The van der Waals surface area contributed by atoms with Crippen LogP contribution in [-0.2, 0) is 4.79 Å². The first-order valence-corrected chi connectivity index (χ1v) is 9.64. The lowest BCUT2D eigenvalue weighted by Gasteiger charge is -2.16. The Morgan fingerprint density at radius 3 is 2.55 bits per heavy atom. The number of para-hydroxylation sites is 2. The first-order valence-electron chi connectivity index (χ1n) is 8.88. The number of oxazole rings is 1. The molecule has 1 atom stereocenters. The van der Waals surface area contributed by atoms with Gasteiger partial charge in [0.25, 0.3) is 5.91 Å². The second-order valence-corrected chi connectivity index (χ2v) is 7.23. The van der Waals surface area contributed by atoms with Crippen molar-refractivity contribution < 1.29 is 13.9 Å². The van der Waals surface area contributed by atoms with Crippen molar-refractivity contribution in [3.63, 3.8) is 0 Å². The van der Waals surface area contributed by atoms with Gasteiger partial charge in [0.05, 0.1) is 5.02 Å². The fourth-order valence-corrected chi connectivity index (χ4v) is 3.20. The number of halogens is 2. The zero-order valence-corrected chi connectivity index (χ0v) is 16.9. The van der Waals surface area contributed by atoms with E-state index in [1.165, 1.54) is 0 Å². The lowest BCUT2D eigenvalue weighted by atomic mass is 10.2. The number of nitrogens with zero attached hydrogens (tertiary/aromatic N) is 1. The molecule has 0 saturated heterocycles. The summed E-state index contributed by atoms with van der Waals surface area (Å²) in [4.78, 5) is 16.9. The summed E-state index contributed by atoms with van der Waals surface area (Å²) in [5.41, 5.74) is 2.97. The van der Waals surface area contributed by atoms with Crippen LogP contribution < -0.4 is 10.1 Å².